The molecule has 1 nitrogen and oxygen atoms in total. The van der Waals surface area contributed by atoms with E-state index in [-0.39, 0.29) is 5.41 Å². The Balaban J connectivity index is 2.38. The molecule has 2 aliphatic rings. The SMILES string of the molecule is C[C@@H]1CC[C@@H]2C(C(C)(C)O)=CC(C)(C)C[C@H]12. The normalized spacial score (nSPS) is 38.1. The molecular weight excluding hydrogens is 196 g/mol. The van der Waals surface area contributed by atoms with Gasteiger partial charge in [-0.05, 0) is 61.9 Å². The fraction of sp³-hybridized carbons (Fsp3) is 0.867. The zero-order valence-corrected chi connectivity index (χ0v) is 11.4. The van der Waals surface area contributed by atoms with E-state index in [0.717, 1.165) is 11.8 Å². The lowest BCUT2D eigenvalue weighted by Crippen LogP contribution is -2.36. The number of hydrogen-bond acceptors (Lipinski definition) is 1. The summed E-state index contributed by atoms with van der Waals surface area (Å²) >= 11 is 0. The molecule has 0 spiro atoms. The highest BCUT2D eigenvalue weighted by Crippen LogP contribution is 2.53. The molecule has 2 aliphatic carbocycles. The van der Waals surface area contributed by atoms with E-state index in [1.165, 1.54) is 24.8 Å². The molecule has 0 aliphatic heterocycles. The first-order valence-electron chi connectivity index (χ1n) is 6.66. The van der Waals surface area contributed by atoms with Crippen molar-refractivity contribution in [3.8, 4) is 0 Å². The summed E-state index contributed by atoms with van der Waals surface area (Å²) in [6, 6.07) is 0. The van der Waals surface area contributed by atoms with Gasteiger partial charge in [-0.2, -0.15) is 0 Å². The molecule has 1 N–H and O–H groups in total. The Morgan fingerprint density at radius 2 is 1.94 bits per heavy atom. The van der Waals surface area contributed by atoms with Crippen molar-refractivity contribution in [2.75, 3.05) is 0 Å². The van der Waals surface area contributed by atoms with E-state index in [9.17, 15) is 5.11 Å². The third-order valence-electron chi connectivity index (χ3n) is 4.59. The van der Waals surface area contributed by atoms with E-state index < -0.39 is 5.60 Å². The molecule has 0 heterocycles. The molecule has 0 aromatic heterocycles. The number of fused-ring (bicyclic) bond motifs is 1. The maximum absolute atomic E-state index is 10.3. The van der Waals surface area contributed by atoms with Gasteiger partial charge in [0.15, 0.2) is 0 Å². The van der Waals surface area contributed by atoms with Gasteiger partial charge in [0.05, 0.1) is 5.60 Å². The smallest absolute Gasteiger partial charge is 0.0803 e. The zero-order chi connectivity index (χ0) is 12.1. The highest BCUT2D eigenvalue weighted by Gasteiger charge is 2.45. The second-order valence-corrected chi connectivity index (χ2v) is 7.18. The van der Waals surface area contributed by atoms with Crippen molar-refractivity contribution in [3.63, 3.8) is 0 Å². The largest absolute Gasteiger partial charge is 0.386 e. The van der Waals surface area contributed by atoms with Gasteiger partial charge in [0.1, 0.15) is 0 Å². The number of hydrogen-bond donors (Lipinski definition) is 1. The fourth-order valence-corrected chi connectivity index (χ4v) is 3.82. The van der Waals surface area contributed by atoms with Crippen molar-refractivity contribution >= 4 is 0 Å². The quantitative estimate of drug-likeness (QED) is 0.669. The molecule has 0 amide bonds. The lowest BCUT2D eigenvalue weighted by atomic mass is 9.65. The number of rotatable bonds is 1. The summed E-state index contributed by atoms with van der Waals surface area (Å²) in [5.74, 6) is 2.26. The Kier molecular flexibility index (Phi) is 2.73. The van der Waals surface area contributed by atoms with Crippen LogP contribution >= 0.6 is 0 Å². The molecule has 3 atom stereocenters. The van der Waals surface area contributed by atoms with Crippen LogP contribution < -0.4 is 0 Å². The van der Waals surface area contributed by atoms with Crippen LogP contribution in [0.3, 0.4) is 0 Å². The van der Waals surface area contributed by atoms with Crippen molar-refractivity contribution < 1.29 is 5.11 Å². The van der Waals surface area contributed by atoms with E-state index >= 15 is 0 Å². The lowest BCUT2D eigenvalue weighted by Gasteiger charge is -2.42. The fourth-order valence-electron chi connectivity index (χ4n) is 3.82. The van der Waals surface area contributed by atoms with E-state index in [0.29, 0.717) is 5.92 Å². The van der Waals surface area contributed by atoms with Crippen molar-refractivity contribution in [1.29, 1.82) is 0 Å². The van der Waals surface area contributed by atoms with Gasteiger partial charge in [-0.25, -0.2) is 0 Å². The Labute approximate surface area is 99.9 Å². The summed E-state index contributed by atoms with van der Waals surface area (Å²) < 4.78 is 0. The first-order chi connectivity index (χ1) is 7.21. The molecule has 2 rings (SSSR count). The first kappa shape index (κ1) is 12.2. The monoisotopic (exact) mass is 222 g/mol. The van der Waals surface area contributed by atoms with Crippen molar-refractivity contribution in [2.45, 2.75) is 59.5 Å². The van der Waals surface area contributed by atoms with Gasteiger partial charge >= 0.3 is 0 Å². The molecule has 0 bridgehead atoms. The number of aliphatic hydroxyl groups is 1. The molecule has 0 unspecified atom stereocenters. The number of allylic oxidation sites excluding steroid dienone is 1. The van der Waals surface area contributed by atoms with E-state index in [2.05, 4.69) is 26.8 Å². The maximum atomic E-state index is 10.3. The van der Waals surface area contributed by atoms with Crippen LogP contribution in [0.15, 0.2) is 11.6 Å². The zero-order valence-electron chi connectivity index (χ0n) is 11.4. The molecule has 0 aromatic carbocycles. The highest BCUT2D eigenvalue weighted by molar-refractivity contribution is 5.26. The Morgan fingerprint density at radius 3 is 2.50 bits per heavy atom. The molecule has 0 radical (unpaired) electrons. The van der Waals surface area contributed by atoms with Gasteiger partial charge in [-0.1, -0.05) is 26.8 Å². The van der Waals surface area contributed by atoms with Crippen LogP contribution in [0.25, 0.3) is 0 Å². The van der Waals surface area contributed by atoms with Crippen LogP contribution in [-0.2, 0) is 0 Å². The van der Waals surface area contributed by atoms with Crippen molar-refractivity contribution in [2.24, 2.45) is 23.2 Å². The first-order valence-corrected chi connectivity index (χ1v) is 6.66. The topological polar surface area (TPSA) is 20.2 Å². The van der Waals surface area contributed by atoms with Crippen LogP contribution in [0.5, 0.6) is 0 Å². The van der Waals surface area contributed by atoms with E-state index in [1.807, 2.05) is 13.8 Å². The summed E-state index contributed by atoms with van der Waals surface area (Å²) in [5.41, 5.74) is 0.929. The average Bonchev–Trinajstić information content (AvgIpc) is 2.44. The molecule has 1 saturated carbocycles. The summed E-state index contributed by atoms with van der Waals surface area (Å²) in [6.45, 7) is 10.9. The third-order valence-corrected chi connectivity index (χ3v) is 4.59. The van der Waals surface area contributed by atoms with E-state index in [1.54, 1.807) is 0 Å². The minimum absolute atomic E-state index is 0.259. The maximum Gasteiger partial charge on any atom is 0.0803 e. The molecule has 0 aromatic rings. The summed E-state index contributed by atoms with van der Waals surface area (Å²) in [4.78, 5) is 0. The highest BCUT2D eigenvalue weighted by atomic mass is 16.3. The standard InChI is InChI=1S/C15H26O/c1-10-6-7-11-12(10)8-14(2,3)9-13(11)15(4,5)16/h9-12,16H,6-8H2,1-5H3/t10-,11+,12-/m1/s1. The van der Waals surface area contributed by atoms with Gasteiger partial charge in [-0.15, -0.1) is 0 Å². The Hall–Kier alpha value is -0.300. The van der Waals surface area contributed by atoms with Gasteiger partial charge in [0, 0.05) is 0 Å². The summed E-state index contributed by atoms with van der Waals surface area (Å²) in [7, 11) is 0. The molecule has 16 heavy (non-hydrogen) atoms. The summed E-state index contributed by atoms with van der Waals surface area (Å²) in [6.07, 6.45) is 6.25. The third kappa shape index (κ3) is 2.07. The van der Waals surface area contributed by atoms with Crippen molar-refractivity contribution in [3.05, 3.63) is 11.6 Å². The van der Waals surface area contributed by atoms with Crippen LogP contribution in [0.1, 0.15) is 53.9 Å². The van der Waals surface area contributed by atoms with Crippen LogP contribution in [0.2, 0.25) is 0 Å². The van der Waals surface area contributed by atoms with Crippen molar-refractivity contribution in [1.82, 2.24) is 0 Å². The molecule has 1 fully saturated rings. The lowest BCUT2D eigenvalue weighted by molar-refractivity contribution is 0.0863. The molecule has 92 valence electrons. The van der Waals surface area contributed by atoms with Gasteiger partial charge in [0.2, 0.25) is 0 Å². The van der Waals surface area contributed by atoms with E-state index in [4.69, 9.17) is 0 Å². The van der Waals surface area contributed by atoms with Crippen LogP contribution in [-0.4, -0.2) is 10.7 Å². The second-order valence-electron chi connectivity index (χ2n) is 7.18. The van der Waals surface area contributed by atoms with Crippen LogP contribution in [0.4, 0.5) is 0 Å². The second kappa shape index (κ2) is 3.60. The molecular formula is C15H26O. The molecule has 0 saturated heterocycles. The predicted octanol–water partition coefficient (Wildman–Crippen LogP) is 3.78. The van der Waals surface area contributed by atoms with Gasteiger partial charge in [0.25, 0.3) is 0 Å². The van der Waals surface area contributed by atoms with Gasteiger partial charge in [-0.3, -0.25) is 0 Å². The minimum Gasteiger partial charge on any atom is -0.386 e. The Morgan fingerprint density at radius 1 is 1.31 bits per heavy atom. The Bertz CT molecular complexity index is 306. The minimum atomic E-state index is -0.634. The predicted molar refractivity (Wildman–Crippen MR) is 68.2 cm³/mol. The molecule has 1 heteroatoms. The van der Waals surface area contributed by atoms with Gasteiger partial charge < -0.3 is 5.11 Å². The van der Waals surface area contributed by atoms with Crippen LogP contribution in [0, 0.1) is 23.2 Å². The average molecular weight is 222 g/mol. The summed E-state index contributed by atoms with van der Waals surface area (Å²) in [5, 5.41) is 10.3.